The van der Waals surface area contributed by atoms with Crippen LogP contribution in [0.4, 0.5) is 0 Å². The molecule has 3 rings (SSSR count). The first kappa shape index (κ1) is 16.5. The maximum Gasteiger partial charge on any atom is 0.335 e. The fourth-order valence-electron chi connectivity index (χ4n) is 2.49. The van der Waals surface area contributed by atoms with E-state index in [0.717, 1.165) is 23.0 Å². The molecule has 0 amide bonds. The fraction of sp³-hybridized carbons (Fsp3) is 0.0476. The molecule has 0 aliphatic carbocycles. The molecule has 0 radical (unpaired) electrons. The Hall–Kier alpha value is -3.40. The van der Waals surface area contributed by atoms with Crippen molar-refractivity contribution in [1.82, 2.24) is 0 Å². The molecule has 0 atom stereocenters. The smallest absolute Gasteiger partial charge is 0.335 e. The summed E-state index contributed by atoms with van der Waals surface area (Å²) in [6, 6.07) is 21.5. The predicted molar refractivity (Wildman–Crippen MR) is 95.0 cm³/mol. The quantitative estimate of drug-likeness (QED) is 0.678. The van der Waals surface area contributed by atoms with Crippen LogP contribution < -0.4 is 4.74 Å². The number of carboxylic acid groups (broad SMARTS) is 1. The number of ether oxygens (including phenoxy) is 1. The highest BCUT2D eigenvalue weighted by Crippen LogP contribution is 2.26. The lowest BCUT2D eigenvalue weighted by molar-refractivity contribution is 0.0696. The molecule has 0 aliphatic heterocycles. The van der Waals surface area contributed by atoms with Gasteiger partial charge in [-0.1, -0.05) is 42.5 Å². The maximum atomic E-state index is 11.2. The highest BCUT2D eigenvalue weighted by Gasteiger charge is 2.07. The Bertz CT molecular complexity index is 884. The molecule has 0 saturated carbocycles. The predicted octanol–water partition coefficient (Wildman–Crippen LogP) is 4.44. The summed E-state index contributed by atoms with van der Waals surface area (Å²) in [5, 5.41) is 8.98. The fourth-order valence-corrected chi connectivity index (χ4v) is 2.49. The zero-order valence-electron chi connectivity index (χ0n) is 13.4. The van der Waals surface area contributed by atoms with Gasteiger partial charge in [-0.25, -0.2) is 4.79 Å². The number of carbonyl (C=O) groups excluding carboxylic acids is 1. The van der Waals surface area contributed by atoms with E-state index in [1.165, 1.54) is 12.1 Å². The molecule has 4 nitrogen and oxygen atoms in total. The topological polar surface area (TPSA) is 63.6 Å². The molecule has 1 N–H and O–H groups in total. The molecule has 0 unspecified atom stereocenters. The minimum Gasteiger partial charge on any atom is -0.489 e. The van der Waals surface area contributed by atoms with Crippen LogP contribution >= 0.6 is 0 Å². The average molecular weight is 332 g/mol. The van der Waals surface area contributed by atoms with Crippen LogP contribution in [0.25, 0.3) is 11.1 Å². The Balaban J connectivity index is 1.86. The summed E-state index contributed by atoms with van der Waals surface area (Å²) in [5.74, 6) is -0.383. The van der Waals surface area contributed by atoms with E-state index in [4.69, 9.17) is 9.84 Å². The molecule has 0 fully saturated rings. The molecule has 0 spiro atoms. The molecule has 124 valence electrons. The lowest BCUT2D eigenvalue weighted by Crippen LogP contribution is -1.97. The van der Waals surface area contributed by atoms with Crippen molar-refractivity contribution in [3.05, 3.63) is 89.5 Å². The molecular formula is C21H16O4. The minimum absolute atomic E-state index is 0.218. The number of aldehydes is 1. The molecule has 0 heterocycles. The largest absolute Gasteiger partial charge is 0.489 e. The number of hydrogen-bond acceptors (Lipinski definition) is 3. The second-order valence-electron chi connectivity index (χ2n) is 5.57. The Labute approximate surface area is 145 Å². The normalized spacial score (nSPS) is 10.2. The summed E-state index contributed by atoms with van der Waals surface area (Å²) in [7, 11) is 0. The highest BCUT2D eigenvalue weighted by molar-refractivity contribution is 5.88. The zero-order chi connectivity index (χ0) is 17.6. The first-order valence-electron chi connectivity index (χ1n) is 7.76. The number of rotatable bonds is 6. The molecule has 0 aliphatic rings. The van der Waals surface area contributed by atoms with Crippen LogP contribution in [0.3, 0.4) is 0 Å². The van der Waals surface area contributed by atoms with Gasteiger partial charge in [0, 0.05) is 5.56 Å². The highest BCUT2D eigenvalue weighted by atomic mass is 16.5. The SMILES string of the molecule is O=Cc1cc(OCc2ccccc2)cc(-c2ccc(C(=O)O)cc2)c1. The van der Waals surface area contributed by atoms with Gasteiger partial charge in [0.25, 0.3) is 0 Å². The van der Waals surface area contributed by atoms with Crippen molar-refractivity contribution < 1.29 is 19.4 Å². The van der Waals surface area contributed by atoms with Crippen LogP contribution in [0.15, 0.2) is 72.8 Å². The van der Waals surface area contributed by atoms with Gasteiger partial charge in [-0.15, -0.1) is 0 Å². The van der Waals surface area contributed by atoms with E-state index >= 15 is 0 Å². The van der Waals surface area contributed by atoms with Crippen molar-refractivity contribution in [3.63, 3.8) is 0 Å². The third kappa shape index (κ3) is 4.12. The van der Waals surface area contributed by atoms with Crippen LogP contribution in [-0.2, 0) is 6.61 Å². The van der Waals surface area contributed by atoms with Crippen LogP contribution in [0, 0.1) is 0 Å². The van der Waals surface area contributed by atoms with E-state index in [9.17, 15) is 9.59 Å². The van der Waals surface area contributed by atoms with Gasteiger partial charge in [0.2, 0.25) is 0 Å². The minimum atomic E-state index is -0.972. The Kier molecular flexibility index (Phi) is 4.90. The standard InChI is InChI=1S/C21H16O4/c22-13-16-10-19(17-6-8-18(9-7-17)21(23)24)12-20(11-16)25-14-15-4-2-1-3-5-15/h1-13H,14H2,(H,23,24). The van der Waals surface area contributed by atoms with Crippen molar-refractivity contribution in [3.8, 4) is 16.9 Å². The summed E-state index contributed by atoms with van der Waals surface area (Å²) >= 11 is 0. The van der Waals surface area contributed by atoms with Crippen molar-refractivity contribution in [1.29, 1.82) is 0 Å². The molecular weight excluding hydrogens is 316 g/mol. The van der Waals surface area contributed by atoms with Gasteiger partial charge in [-0.2, -0.15) is 0 Å². The van der Waals surface area contributed by atoms with E-state index in [2.05, 4.69) is 0 Å². The summed E-state index contributed by atoms with van der Waals surface area (Å²) in [6.45, 7) is 0.403. The monoisotopic (exact) mass is 332 g/mol. The van der Waals surface area contributed by atoms with E-state index < -0.39 is 5.97 Å². The molecule has 0 aromatic heterocycles. The second kappa shape index (κ2) is 7.45. The summed E-state index contributed by atoms with van der Waals surface area (Å²) in [6.07, 6.45) is 0.768. The van der Waals surface area contributed by atoms with E-state index in [1.807, 2.05) is 36.4 Å². The lowest BCUT2D eigenvalue weighted by Gasteiger charge is -2.10. The number of aromatic carboxylic acids is 1. The lowest BCUT2D eigenvalue weighted by atomic mass is 10.0. The number of hydrogen-bond donors (Lipinski definition) is 1. The molecule has 4 heteroatoms. The third-order valence-electron chi connectivity index (χ3n) is 3.78. The van der Waals surface area contributed by atoms with Crippen LogP contribution in [0.5, 0.6) is 5.75 Å². The van der Waals surface area contributed by atoms with Crippen molar-refractivity contribution in [2.75, 3.05) is 0 Å². The summed E-state index contributed by atoms with van der Waals surface area (Å²) < 4.78 is 5.81. The van der Waals surface area contributed by atoms with E-state index in [1.54, 1.807) is 24.3 Å². The summed E-state index contributed by atoms with van der Waals surface area (Å²) in [4.78, 5) is 22.2. The number of carbonyl (C=O) groups is 2. The van der Waals surface area contributed by atoms with Gasteiger partial charge in [-0.3, -0.25) is 4.79 Å². The van der Waals surface area contributed by atoms with E-state index in [0.29, 0.717) is 17.9 Å². The van der Waals surface area contributed by atoms with Gasteiger partial charge in [-0.05, 0) is 47.0 Å². The van der Waals surface area contributed by atoms with Crippen molar-refractivity contribution in [2.24, 2.45) is 0 Å². The first-order chi connectivity index (χ1) is 12.2. The van der Waals surface area contributed by atoms with Crippen LogP contribution in [0.2, 0.25) is 0 Å². The molecule has 25 heavy (non-hydrogen) atoms. The van der Waals surface area contributed by atoms with Gasteiger partial charge >= 0.3 is 5.97 Å². The molecule has 0 bridgehead atoms. The van der Waals surface area contributed by atoms with Crippen molar-refractivity contribution >= 4 is 12.3 Å². The Morgan fingerprint density at radius 1 is 0.920 bits per heavy atom. The summed E-state index contributed by atoms with van der Waals surface area (Å²) in [5.41, 5.74) is 3.37. The van der Waals surface area contributed by atoms with Crippen LogP contribution in [0.1, 0.15) is 26.3 Å². The molecule has 3 aromatic rings. The molecule has 3 aromatic carbocycles. The van der Waals surface area contributed by atoms with E-state index in [-0.39, 0.29) is 5.56 Å². The number of carboxylic acids is 1. The number of benzene rings is 3. The third-order valence-corrected chi connectivity index (χ3v) is 3.78. The first-order valence-corrected chi connectivity index (χ1v) is 7.76. The van der Waals surface area contributed by atoms with Gasteiger partial charge in [0.1, 0.15) is 18.6 Å². The van der Waals surface area contributed by atoms with Gasteiger partial charge < -0.3 is 9.84 Å². The van der Waals surface area contributed by atoms with Gasteiger partial charge in [0.05, 0.1) is 5.56 Å². The zero-order valence-corrected chi connectivity index (χ0v) is 13.4. The Morgan fingerprint density at radius 2 is 1.64 bits per heavy atom. The average Bonchev–Trinajstić information content (AvgIpc) is 2.67. The Morgan fingerprint density at radius 3 is 2.28 bits per heavy atom. The second-order valence-corrected chi connectivity index (χ2v) is 5.57. The maximum absolute atomic E-state index is 11.2. The van der Waals surface area contributed by atoms with Gasteiger partial charge in [0.15, 0.2) is 0 Å². The van der Waals surface area contributed by atoms with Crippen LogP contribution in [-0.4, -0.2) is 17.4 Å². The molecule has 0 saturated heterocycles. The van der Waals surface area contributed by atoms with Crippen molar-refractivity contribution in [2.45, 2.75) is 6.61 Å².